The summed E-state index contributed by atoms with van der Waals surface area (Å²) in [6.45, 7) is 2.90. The molecule has 0 aliphatic rings. The van der Waals surface area contributed by atoms with Crippen molar-refractivity contribution in [2.45, 2.75) is 13.3 Å². The highest BCUT2D eigenvalue weighted by Gasteiger charge is 2.19. The zero-order valence-corrected chi connectivity index (χ0v) is 17.6. The van der Waals surface area contributed by atoms with Crippen molar-refractivity contribution in [2.75, 3.05) is 13.2 Å². The Kier molecular flexibility index (Phi) is 6.12. The Hall–Kier alpha value is -4.20. The van der Waals surface area contributed by atoms with Crippen LogP contribution in [0.25, 0.3) is 16.9 Å². The molecule has 2 amide bonds. The molecule has 8 nitrogen and oxygen atoms in total. The second-order valence-electron chi connectivity index (χ2n) is 7.32. The lowest BCUT2D eigenvalue weighted by Gasteiger charge is -2.11. The van der Waals surface area contributed by atoms with Gasteiger partial charge in [0.2, 0.25) is 0 Å². The quantitative estimate of drug-likeness (QED) is 0.418. The summed E-state index contributed by atoms with van der Waals surface area (Å²) in [5.74, 6) is -0.208. The molecule has 4 rings (SSSR count). The highest BCUT2D eigenvalue weighted by molar-refractivity contribution is 5.99. The number of ether oxygens (including phenoxy) is 1. The van der Waals surface area contributed by atoms with Crippen molar-refractivity contribution in [3.63, 3.8) is 0 Å². The van der Waals surface area contributed by atoms with Crippen molar-refractivity contribution in [3.05, 3.63) is 83.9 Å². The molecule has 2 aromatic carbocycles. The average Bonchev–Trinajstić information content (AvgIpc) is 3.23. The van der Waals surface area contributed by atoms with E-state index >= 15 is 0 Å². The molecule has 0 bridgehead atoms. The number of fused-ring (bicyclic) bond motifs is 1. The van der Waals surface area contributed by atoms with Gasteiger partial charge in [-0.15, -0.1) is 0 Å². The maximum atomic E-state index is 13.0. The van der Waals surface area contributed by atoms with Gasteiger partial charge in [0.25, 0.3) is 11.8 Å². The van der Waals surface area contributed by atoms with Crippen molar-refractivity contribution in [2.24, 2.45) is 5.73 Å². The molecule has 0 fully saturated rings. The lowest BCUT2D eigenvalue weighted by Crippen LogP contribution is -2.27. The fourth-order valence-electron chi connectivity index (χ4n) is 3.34. The third-order valence-corrected chi connectivity index (χ3v) is 4.90. The summed E-state index contributed by atoms with van der Waals surface area (Å²) < 4.78 is 7.20. The van der Waals surface area contributed by atoms with E-state index in [4.69, 9.17) is 10.5 Å². The molecule has 0 saturated carbocycles. The van der Waals surface area contributed by atoms with Crippen LogP contribution >= 0.6 is 0 Å². The molecule has 0 unspecified atom stereocenters. The number of carbonyl (C=O) groups is 2. The number of hydrogen-bond donors (Lipinski definition) is 2. The minimum Gasteiger partial charge on any atom is -0.494 e. The van der Waals surface area contributed by atoms with Gasteiger partial charge in [-0.05, 0) is 37.1 Å². The van der Waals surface area contributed by atoms with Gasteiger partial charge in [0.15, 0.2) is 11.3 Å². The van der Waals surface area contributed by atoms with Crippen LogP contribution in [0.15, 0.2) is 67.0 Å². The van der Waals surface area contributed by atoms with Crippen LogP contribution in [0.1, 0.15) is 33.0 Å². The molecular formula is C24H23N5O3. The maximum Gasteiger partial charge on any atom is 0.271 e. The van der Waals surface area contributed by atoms with Gasteiger partial charge in [-0.25, -0.2) is 9.97 Å². The molecule has 8 heteroatoms. The van der Waals surface area contributed by atoms with E-state index < -0.39 is 5.91 Å². The Morgan fingerprint density at radius 3 is 2.66 bits per heavy atom. The van der Waals surface area contributed by atoms with Crippen LogP contribution in [-0.4, -0.2) is 39.3 Å². The Bertz CT molecular complexity index is 1270. The molecule has 0 atom stereocenters. The van der Waals surface area contributed by atoms with Crippen LogP contribution in [-0.2, 0) is 0 Å². The molecule has 0 spiro atoms. The second-order valence-corrected chi connectivity index (χ2v) is 7.32. The Labute approximate surface area is 185 Å². The third-order valence-electron chi connectivity index (χ3n) is 4.90. The fourth-order valence-corrected chi connectivity index (χ4v) is 3.34. The number of rotatable bonds is 8. The van der Waals surface area contributed by atoms with Gasteiger partial charge < -0.3 is 15.8 Å². The summed E-state index contributed by atoms with van der Waals surface area (Å²) in [5, 5.41) is 2.89. The van der Waals surface area contributed by atoms with Gasteiger partial charge in [-0.3, -0.25) is 14.0 Å². The molecule has 0 aliphatic heterocycles. The Morgan fingerprint density at radius 1 is 1.09 bits per heavy atom. The number of aromatic nitrogens is 3. The number of hydrogen-bond acceptors (Lipinski definition) is 5. The van der Waals surface area contributed by atoms with E-state index in [1.165, 1.54) is 10.7 Å². The van der Waals surface area contributed by atoms with E-state index in [1.807, 2.05) is 61.5 Å². The van der Waals surface area contributed by atoms with Gasteiger partial charge in [0, 0.05) is 12.1 Å². The number of nitrogens with zero attached hydrogens (tertiary/aromatic N) is 3. The summed E-state index contributed by atoms with van der Waals surface area (Å²) in [6.07, 6.45) is 2.02. The van der Waals surface area contributed by atoms with Crippen molar-refractivity contribution in [1.29, 1.82) is 0 Å². The lowest BCUT2D eigenvalue weighted by molar-refractivity contribution is 0.0943. The molecule has 3 N–H and O–H groups in total. The summed E-state index contributed by atoms with van der Waals surface area (Å²) in [5.41, 5.74) is 8.50. The van der Waals surface area contributed by atoms with Gasteiger partial charge in [-0.1, -0.05) is 42.5 Å². The number of carbonyl (C=O) groups excluding carboxylic acids is 2. The van der Waals surface area contributed by atoms with E-state index in [9.17, 15) is 9.59 Å². The topological polar surface area (TPSA) is 112 Å². The lowest BCUT2D eigenvalue weighted by atomic mass is 10.1. The molecule has 0 saturated heterocycles. The number of nitrogens with two attached hydrogens (primary N) is 1. The predicted octanol–water partition coefficient (Wildman–Crippen LogP) is 3.00. The van der Waals surface area contributed by atoms with Crippen LogP contribution in [0.3, 0.4) is 0 Å². The first-order valence-corrected chi connectivity index (χ1v) is 10.2. The maximum absolute atomic E-state index is 13.0. The van der Waals surface area contributed by atoms with Crippen LogP contribution < -0.4 is 15.8 Å². The predicted molar refractivity (Wildman–Crippen MR) is 121 cm³/mol. The summed E-state index contributed by atoms with van der Waals surface area (Å²) in [6, 6.07) is 18.9. The zero-order valence-electron chi connectivity index (χ0n) is 17.6. The molecule has 162 valence electrons. The first kappa shape index (κ1) is 21.0. The van der Waals surface area contributed by atoms with E-state index in [0.29, 0.717) is 31.0 Å². The van der Waals surface area contributed by atoms with Crippen molar-refractivity contribution in [1.82, 2.24) is 19.7 Å². The number of primary amides is 1. The van der Waals surface area contributed by atoms with Gasteiger partial charge >= 0.3 is 0 Å². The number of benzene rings is 2. The summed E-state index contributed by atoms with van der Waals surface area (Å²) in [4.78, 5) is 33.3. The molecule has 0 aliphatic carbocycles. The third kappa shape index (κ3) is 4.59. The Morgan fingerprint density at radius 2 is 1.91 bits per heavy atom. The van der Waals surface area contributed by atoms with Crippen molar-refractivity contribution < 1.29 is 14.3 Å². The van der Waals surface area contributed by atoms with E-state index in [2.05, 4.69) is 15.3 Å². The highest BCUT2D eigenvalue weighted by atomic mass is 16.5. The highest BCUT2D eigenvalue weighted by Crippen LogP contribution is 2.21. The molecule has 4 aromatic rings. The van der Waals surface area contributed by atoms with Gasteiger partial charge in [0.05, 0.1) is 12.3 Å². The first-order chi connectivity index (χ1) is 15.5. The number of nitrogens with one attached hydrogen (secondary N) is 1. The van der Waals surface area contributed by atoms with E-state index in [0.717, 1.165) is 16.9 Å². The van der Waals surface area contributed by atoms with E-state index in [1.54, 1.807) is 6.07 Å². The monoisotopic (exact) mass is 429 g/mol. The molecule has 2 heterocycles. The summed E-state index contributed by atoms with van der Waals surface area (Å²) in [7, 11) is 0. The zero-order chi connectivity index (χ0) is 22.5. The van der Waals surface area contributed by atoms with Gasteiger partial charge in [0.1, 0.15) is 17.8 Å². The normalized spacial score (nSPS) is 10.8. The standard InChI is InChI=1S/C24H23N5O3/c1-16-7-5-10-18(13-16)32-12-6-11-26-24(31)20-14-19(17-8-3-2-4-9-17)28-23-21(22(25)30)27-15-29(20)23/h2-5,7-10,13-15H,6,11-12H2,1H3,(H2,25,30)(H,26,31). The minimum atomic E-state index is -0.704. The Balaban J connectivity index is 1.50. The minimum absolute atomic E-state index is 0.0170. The van der Waals surface area contributed by atoms with Crippen LogP contribution in [0.5, 0.6) is 5.75 Å². The first-order valence-electron chi connectivity index (χ1n) is 10.2. The van der Waals surface area contributed by atoms with Crippen LogP contribution in [0.2, 0.25) is 0 Å². The van der Waals surface area contributed by atoms with E-state index in [-0.39, 0.29) is 17.2 Å². The smallest absolute Gasteiger partial charge is 0.271 e. The molecule has 32 heavy (non-hydrogen) atoms. The number of amides is 2. The number of imidazole rings is 1. The van der Waals surface area contributed by atoms with Gasteiger partial charge in [-0.2, -0.15) is 0 Å². The molecular weight excluding hydrogens is 406 g/mol. The van der Waals surface area contributed by atoms with Crippen LogP contribution in [0.4, 0.5) is 0 Å². The summed E-state index contributed by atoms with van der Waals surface area (Å²) >= 11 is 0. The average molecular weight is 429 g/mol. The van der Waals surface area contributed by atoms with Crippen LogP contribution in [0, 0.1) is 6.92 Å². The SMILES string of the molecule is Cc1cccc(OCCCNC(=O)c2cc(-c3ccccc3)nc3c(C(N)=O)ncn23)c1. The largest absolute Gasteiger partial charge is 0.494 e. The number of aryl methyl sites for hydroxylation is 1. The molecule has 2 aromatic heterocycles. The fraction of sp³-hybridized carbons (Fsp3) is 0.167. The van der Waals surface area contributed by atoms with Crippen molar-refractivity contribution in [3.8, 4) is 17.0 Å². The second kappa shape index (κ2) is 9.30. The molecule has 0 radical (unpaired) electrons. The van der Waals surface area contributed by atoms with Crippen molar-refractivity contribution >= 4 is 17.5 Å².